The van der Waals surface area contributed by atoms with Gasteiger partial charge in [0.05, 0.1) is 17.1 Å². The van der Waals surface area contributed by atoms with Crippen LogP contribution in [-0.2, 0) is 29.0 Å². The van der Waals surface area contributed by atoms with Crippen LogP contribution in [0.1, 0.15) is 59.4 Å². The minimum atomic E-state index is -0.252. The van der Waals surface area contributed by atoms with Crippen molar-refractivity contribution in [1.29, 1.82) is 0 Å². The van der Waals surface area contributed by atoms with E-state index in [2.05, 4.69) is 89.2 Å². The van der Waals surface area contributed by atoms with Gasteiger partial charge in [-0.3, -0.25) is 14.9 Å². The summed E-state index contributed by atoms with van der Waals surface area (Å²) in [6.07, 6.45) is 8.90. The number of piperidine rings is 1. The first-order valence-electron chi connectivity index (χ1n) is 14.6. The largest absolute Gasteiger partial charge is 0.326 e. The molecule has 1 aliphatic rings. The zero-order valence-electron chi connectivity index (χ0n) is 23.8. The number of nitrogens with two attached hydrogens (primary N) is 1. The van der Waals surface area contributed by atoms with Crippen molar-refractivity contribution >= 4 is 17.3 Å². The Hall–Kier alpha value is -4.62. The Kier molecular flexibility index (Phi) is 7.93. The van der Waals surface area contributed by atoms with Crippen LogP contribution >= 0.6 is 0 Å². The van der Waals surface area contributed by atoms with Gasteiger partial charge in [0.1, 0.15) is 6.33 Å². The van der Waals surface area contributed by atoms with E-state index < -0.39 is 0 Å². The third kappa shape index (κ3) is 5.87. The number of nitrogens with one attached hydrogen (secondary N) is 1. The first-order chi connectivity index (χ1) is 20.5. The maximum absolute atomic E-state index is 12.2. The summed E-state index contributed by atoms with van der Waals surface area (Å²) in [6.45, 7) is 2.62. The molecule has 2 aromatic heterocycles. The molecule has 3 N–H and O–H groups in total. The van der Waals surface area contributed by atoms with E-state index in [0.29, 0.717) is 19.4 Å². The first kappa shape index (κ1) is 27.5. The zero-order chi connectivity index (χ0) is 29.1. The fourth-order valence-corrected chi connectivity index (χ4v) is 5.86. The van der Waals surface area contributed by atoms with E-state index in [4.69, 9.17) is 5.73 Å². The molecule has 7 heteroatoms. The molecule has 3 heterocycles. The second kappa shape index (κ2) is 12.1. The number of nitrogens with zero attached hydrogens (tertiary/aromatic N) is 3. The molecular formula is C35H35N5O2. The Balaban J connectivity index is 1.04. The van der Waals surface area contributed by atoms with Crippen LogP contribution in [0.15, 0.2) is 85.3 Å². The average molecular weight is 558 g/mol. The number of aryl methyl sites for hydroxylation is 3. The highest BCUT2D eigenvalue weighted by Crippen LogP contribution is 2.29. The minimum absolute atomic E-state index is 0.184. The predicted molar refractivity (Wildman–Crippen MR) is 165 cm³/mol. The maximum Gasteiger partial charge on any atom is 0.234 e. The van der Waals surface area contributed by atoms with Crippen molar-refractivity contribution in [3.8, 4) is 22.4 Å². The summed E-state index contributed by atoms with van der Waals surface area (Å²) in [4.78, 5) is 28.2. The monoisotopic (exact) mass is 557 g/mol. The number of hydrogen-bond acceptors (Lipinski definition) is 5. The van der Waals surface area contributed by atoms with Crippen molar-refractivity contribution in [3.63, 3.8) is 0 Å². The molecule has 7 nitrogen and oxygen atoms in total. The molecule has 1 fully saturated rings. The fourth-order valence-electron chi connectivity index (χ4n) is 5.86. The van der Waals surface area contributed by atoms with Gasteiger partial charge in [0.25, 0.3) is 0 Å². The first-order valence-corrected chi connectivity index (χ1v) is 14.6. The molecule has 0 saturated carbocycles. The molecule has 5 aromatic rings. The summed E-state index contributed by atoms with van der Waals surface area (Å²) in [5.41, 5.74) is 17.0. The fraction of sp³-hybridized carbons (Fsp3) is 0.257. The summed E-state index contributed by atoms with van der Waals surface area (Å²) < 4.78 is 1.93. The number of aromatic nitrogens is 3. The van der Waals surface area contributed by atoms with Crippen LogP contribution in [0.5, 0.6) is 0 Å². The van der Waals surface area contributed by atoms with Gasteiger partial charge in [0.2, 0.25) is 11.8 Å². The number of hydrogen-bond donors (Lipinski definition) is 2. The lowest BCUT2D eigenvalue weighted by Crippen LogP contribution is -2.39. The molecule has 0 bridgehead atoms. The van der Waals surface area contributed by atoms with Crippen molar-refractivity contribution in [2.45, 2.75) is 57.9 Å². The van der Waals surface area contributed by atoms with Gasteiger partial charge in [-0.25, -0.2) is 9.50 Å². The average Bonchev–Trinajstić information content (AvgIpc) is 3.43. The lowest BCUT2D eigenvalue weighted by atomic mass is 9.89. The van der Waals surface area contributed by atoms with E-state index in [1.165, 1.54) is 16.7 Å². The lowest BCUT2D eigenvalue weighted by molar-refractivity contribution is -0.134. The van der Waals surface area contributed by atoms with Crippen LogP contribution in [0.2, 0.25) is 0 Å². The number of unbranched alkanes of at least 4 members (excludes halogenated alkanes) is 1. The Morgan fingerprint density at radius 2 is 1.57 bits per heavy atom. The summed E-state index contributed by atoms with van der Waals surface area (Å²) in [7, 11) is 0. The van der Waals surface area contributed by atoms with E-state index >= 15 is 0 Å². The van der Waals surface area contributed by atoms with Gasteiger partial charge < -0.3 is 5.73 Å². The van der Waals surface area contributed by atoms with E-state index in [9.17, 15) is 9.59 Å². The van der Waals surface area contributed by atoms with Crippen LogP contribution in [0.25, 0.3) is 27.9 Å². The van der Waals surface area contributed by atoms with Crippen LogP contribution in [0.3, 0.4) is 0 Å². The van der Waals surface area contributed by atoms with Crippen molar-refractivity contribution in [2.75, 3.05) is 0 Å². The number of carbonyl (C=O) groups is 2. The molecule has 1 saturated heterocycles. The minimum Gasteiger partial charge on any atom is -0.326 e. The highest BCUT2D eigenvalue weighted by atomic mass is 16.2. The normalized spacial score (nSPS) is 15.2. The third-order valence-electron chi connectivity index (χ3n) is 8.32. The van der Waals surface area contributed by atoms with Gasteiger partial charge in [-0.1, -0.05) is 60.7 Å². The third-order valence-corrected chi connectivity index (χ3v) is 8.32. The predicted octanol–water partition coefficient (Wildman–Crippen LogP) is 5.92. The second-order valence-corrected chi connectivity index (χ2v) is 11.2. The van der Waals surface area contributed by atoms with Crippen molar-refractivity contribution in [2.24, 2.45) is 5.73 Å². The topological polar surface area (TPSA) is 102 Å². The van der Waals surface area contributed by atoms with E-state index in [0.717, 1.165) is 64.7 Å². The van der Waals surface area contributed by atoms with Gasteiger partial charge in [-0.15, -0.1) is 0 Å². The van der Waals surface area contributed by atoms with Crippen molar-refractivity contribution in [3.05, 3.63) is 113 Å². The molecule has 0 spiro atoms. The highest BCUT2D eigenvalue weighted by molar-refractivity contribution is 6.01. The molecule has 1 atom stereocenters. The number of imide groups is 1. The smallest absolute Gasteiger partial charge is 0.234 e. The maximum atomic E-state index is 12.2. The number of benzene rings is 3. The molecule has 6 rings (SSSR count). The van der Waals surface area contributed by atoms with E-state index in [1.54, 1.807) is 6.33 Å². The Bertz CT molecular complexity index is 1740. The van der Waals surface area contributed by atoms with E-state index in [-0.39, 0.29) is 17.7 Å². The number of rotatable bonds is 9. The van der Waals surface area contributed by atoms with Crippen LogP contribution in [-0.4, -0.2) is 26.4 Å². The standard InChI is InChI=1S/C35H35N5O2/c1-23-18-29(14-15-30(23)20-36)34-32-19-25(21-40(32)38-22-37-34)5-3-2-4-24-6-8-26(9-7-24)27-10-12-28(13-11-27)31-16-17-33(41)39-35(31)42/h6-15,18-19,21-22,31H,2-5,16-17,20,36H2,1H3,(H,39,41,42). The molecular weight excluding hydrogens is 522 g/mol. The quantitative estimate of drug-likeness (QED) is 0.173. The van der Waals surface area contributed by atoms with Gasteiger partial charge in [0.15, 0.2) is 0 Å². The second-order valence-electron chi connectivity index (χ2n) is 11.2. The Morgan fingerprint density at radius 1 is 0.881 bits per heavy atom. The van der Waals surface area contributed by atoms with Crippen molar-refractivity contribution in [1.82, 2.24) is 19.9 Å². The molecule has 3 aromatic carbocycles. The SMILES string of the molecule is Cc1cc(-c2ncnn3cc(CCCCc4ccc(-c5ccc(C6CCC(=O)NC6=O)cc5)cc4)cc23)ccc1CN. The molecule has 1 aliphatic heterocycles. The van der Waals surface area contributed by atoms with Crippen LogP contribution in [0, 0.1) is 6.92 Å². The Morgan fingerprint density at radius 3 is 2.26 bits per heavy atom. The van der Waals surface area contributed by atoms with Gasteiger partial charge >= 0.3 is 0 Å². The lowest BCUT2D eigenvalue weighted by Gasteiger charge is -2.21. The number of carbonyl (C=O) groups excluding carboxylic acids is 2. The zero-order valence-corrected chi connectivity index (χ0v) is 23.8. The van der Waals surface area contributed by atoms with Gasteiger partial charge in [0, 0.05) is 24.7 Å². The summed E-state index contributed by atoms with van der Waals surface area (Å²) >= 11 is 0. The molecule has 0 radical (unpaired) electrons. The molecule has 42 heavy (non-hydrogen) atoms. The van der Waals surface area contributed by atoms with Crippen molar-refractivity contribution < 1.29 is 9.59 Å². The Labute approximate surface area is 245 Å². The van der Waals surface area contributed by atoms with E-state index in [1.807, 2.05) is 16.6 Å². The highest BCUT2D eigenvalue weighted by Gasteiger charge is 2.27. The molecule has 0 aliphatic carbocycles. The summed E-state index contributed by atoms with van der Waals surface area (Å²) in [5.74, 6) is -0.634. The van der Waals surface area contributed by atoms with Crippen LogP contribution < -0.4 is 11.1 Å². The molecule has 2 amide bonds. The number of amides is 2. The molecule has 212 valence electrons. The summed E-state index contributed by atoms with van der Waals surface area (Å²) in [6, 6.07) is 25.4. The number of fused-ring (bicyclic) bond motifs is 1. The van der Waals surface area contributed by atoms with Crippen LogP contribution in [0.4, 0.5) is 0 Å². The summed E-state index contributed by atoms with van der Waals surface area (Å²) in [5, 5.41) is 6.89. The van der Waals surface area contributed by atoms with Gasteiger partial charge in [-0.2, -0.15) is 5.10 Å². The van der Waals surface area contributed by atoms with Gasteiger partial charge in [-0.05, 0) is 90.1 Å². The molecule has 1 unspecified atom stereocenters.